The number of rotatable bonds is 8. The minimum absolute atomic E-state index is 0.00329. The molecule has 0 saturated carbocycles. The fraction of sp³-hybridized carbons (Fsp3) is 0.769. The Bertz CT molecular complexity index is 213. The lowest BCUT2D eigenvalue weighted by Crippen LogP contribution is -2.00. The van der Waals surface area contributed by atoms with E-state index in [9.17, 15) is 9.90 Å². The predicted octanol–water partition coefficient (Wildman–Crippen LogP) is 4.16. The van der Waals surface area contributed by atoms with Crippen LogP contribution in [0.3, 0.4) is 0 Å². The van der Waals surface area contributed by atoms with Crippen molar-refractivity contribution < 1.29 is 9.90 Å². The van der Waals surface area contributed by atoms with Crippen LogP contribution in [0.25, 0.3) is 0 Å². The molecular formula is C13H24O2. The fourth-order valence-electron chi connectivity index (χ4n) is 1.69. The average molecular weight is 212 g/mol. The van der Waals surface area contributed by atoms with Crippen LogP contribution in [-0.4, -0.2) is 10.9 Å². The summed E-state index contributed by atoms with van der Waals surface area (Å²) in [6, 6.07) is 0. The van der Waals surface area contributed by atoms with Gasteiger partial charge in [-0.3, -0.25) is 4.79 Å². The molecule has 0 rings (SSSR count). The van der Waals surface area contributed by atoms with Crippen molar-refractivity contribution in [3.63, 3.8) is 0 Å². The molecule has 2 heteroatoms. The van der Waals surface area contributed by atoms with E-state index in [1.54, 1.807) is 6.92 Å². The number of aliphatic hydroxyl groups excluding tert-OH is 1. The van der Waals surface area contributed by atoms with Crippen molar-refractivity contribution in [2.45, 2.75) is 65.7 Å². The number of Topliss-reactive ketones (excluding diaryl/α,β-unsaturated/α-hetero) is 1. The van der Waals surface area contributed by atoms with Gasteiger partial charge in [0.05, 0.1) is 5.76 Å². The van der Waals surface area contributed by atoms with Crippen molar-refractivity contribution in [2.75, 3.05) is 0 Å². The van der Waals surface area contributed by atoms with Gasteiger partial charge in [-0.05, 0) is 26.7 Å². The third-order valence-electron chi connectivity index (χ3n) is 2.64. The minimum Gasteiger partial charge on any atom is -0.512 e. The molecule has 0 saturated heterocycles. The molecule has 0 bridgehead atoms. The van der Waals surface area contributed by atoms with Gasteiger partial charge in [-0.25, -0.2) is 0 Å². The molecule has 0 aromatic rings. The predicted molar refractivity (Wildman–Crippen MR) is 64.0 cm³/mol. The van der Waals surface area contributed by atoms with Gasteiger partial charge in [0, 0.05) is 5.57 Å². The molecule has 0 aliphatic heterocycles. The van der Waals surface area contributed by atoms with Gasteiger partial charge in [0.2, 0.25) is 0 Å². The highest BCUT2D eigenvalue weighted by atomic mass is 16.3. The number of ketones is 1. The van der Waals surface area contributed by atoms with Crippen LogP contribution in [0.15, 0.2) is 11.3 Å². The van der Waals surface area contributed by atoms with Crippen molar-refractivity contribution in [3.05, 3.63) is 11.3 Å². The van der Waals surface area contributed by atoms with Crippen molar-refractivity contribution in [1.29, 1.82) is 0 Å². The smallest absolute Gasteiger partial charge is 0.159 e. The SMILES string of the molecule is CCCCCCCCC(C(C)=O)=C(C)O. The number of carbonyl (C=O) groups is 1. The van der Waals surface area contributed by atoms with Gasteiger partial charge >= 0.3 is 0 Å². The third kappa shape index (κ3) is 7.18. The van der Waals surface area contributed by atoms with Gasteiger partial charge in [0.15, 0.2) is 5.78 Å². The molecule has 15 heavy (non-hydrogen) atoms. The molecular weight excluding hydrogens is 188 g/mol. The molecule has 0 aliphatic rings. The zero-order valence-electron chi connectivity index (χ0n) is 10.3. The molecule has 0 amide bonds. The summed E-state index contributed by atoms with van der Waals surface area (Å²) in [5.74, 6) is 0.194. The van der Waals surface area contributed by atoms with Crippen LogP contribution in [0, 0.1) is 0 Å². The van der Waals surface area contributed by atoms with Gasteiger partial charge in [-0.2, -0.15) is 0 Å². The lowest BCUT2D eigenvalue weighted by molar-refractivity contribution is -0.113. The molecule has 0 unspecified atom stereocenters. The van der Waals surface area contributed by atoms with Gasteiger partial charge in [0.25, 0.3) is 0 Å². The molecule has 0 aliphatic carbocycles. The molecule has 0 heterocycles. The molecule has 0 aromatic heterocycles. The van der Waals surface area contributed by atoms with E-state index in [2.05, 4.69) is 6.92 Å². The van der Waals surface area contributed by atoms with Crippen LogP contribution in [-0.2, 0) is 4.79 Å². The zero-order chi connectivity index (χ0) is 11.7. The molecule has 0 spiro atoms. The highest BCUT2D eigenvalue weighted by molar-refractivity contribution is 5.93. The van der Waals surface area contributed by atoms with Crippen molar-refractivity contribution in [3.8, 4) is 0 Å². The first kappa shape index (κ1) is 14.2. The number of aliphatic hydroxyl groups is 1. The van der Waals surface area contributed by atoms with E-state index in [1.807, 2.05) is 0 Å². The second-order valence-electron chi connectivity index (χ2n) is 4.14. The summed E-state index contributed by atoms with van der Waals surface area (Å²) in [6.45, 7) is 5.31. The minimum atomic E-state index is 0.00329. The standard InChI is InChI=1S/C13H24O2/c1-4-5-6-7-8-9-10-13(11(2)14)12(3)15/h14H,4-10H2,1-3H3. The highest BCUT2D eigenvalue weighted by Gasteiger charge is 2.06. The van der Waals surface area contributed by atoms with Crippen LogP contribution in [0.4, 0.5) is 0 Å². The van der Waals surface area contributed by atoms with E-state index < -0.39 is 0 Å². The lowest BCUT2D eigenvalue weighted by Gasteiger charge is -2.05. The lowest BCUT2D eigenvalue weighted by atomic mass is 10.0. The van der Waals surface area contributed by atoms with Crippen LogP contribution in [0.2, 0.25) is 0 Å². The summed E-state index contributed by atoms with van der Waals surface area (Å²) >= 11 is 0. The highest BCUT2D eigenvalue weighted by Crippen LogP contribution is 2.14. The Hall–Kier alpha value is -0.790. The summed E-state index contributed by atoms with van der Waals surface area (Å²) < 4.78 is 0. The van der Waals surface area contributed by atoms with Gasteiger partial charge in [-0.15, -0.1) is 0 Å². The summed E-state index contributed by atoms with van der Waals surface area (Å²) in [7, 11) is 0. The molecule has 1 N–H and O–H groups in total. The quantitative estimate of drug-likeness (QED) is 0.372. The van der Waals surface area contributed by atoms with Crippen molar-refractivity contribution in [1.82, 2.24) is 0 Å². The number of hydrogen-bond donors (Lipinski definition) is 1. The fourth-order valence-corrected chi connectivity index (χ4v) is 1.69. The van der Waals surface area contributed by atoms with E-state index in [0.29, 0.717) is 5.57 Å². The molecule has 0 aromatic carbocycles. The second kappa shape index (κ2) is 8.51. The Kier molecular flexibility index (Phi) is 8.06. The van der Waals surface area contributed by atoms with E-state index in [4.69, 9.17) is 0 Å². The Morgan fingerprint density at radius 1 is 1.00 bits per heavy atom. The van der Waals surface area contributed by atoms with E-state index in [1.165, 1.54) is 32.6 Å². The molecule has 0 radical (unpaired) electrons. The van der Waals surface area contributed by atoms with Gasteiger partial charge in [0.1, 0.15) is 0 Å². The molecule has 2 nitrogen and oxygen atoms in total. The monoisotopic (exact) mass is 212 g/mol. The first-order valence-electron chi connectivity index (χ1n) is 5.99. The largest absolute Gasteiger partial charge is 0.512 e. The Balaban J connectivity index is 3.66. The van der Waals surface area contributed by atoms with Crippen molar-refractivity contribution >= 4 is 5.78 Å². The summed E-state index contributed by atoms with van der Waals surface area (Å²) in [4.78, 5) is 11.1. The first-order valence-corrected chi connectivity index (χ1v) is 5.99. The Morgan fingerprint density at radius 3 is 2.00 bits per heavy atom. The summed E-state index contributed by atoms with van der Waals surface area (Å²) in [6.07, 6.45) is 7.98. The van der Waals surface area contributed by atoms with Crippen LogP contribution in [0.1, 0.15) is 65.7 Å². The molecule has 0 atom stereocenters. The molecule has 0 fully saturated rings. The molecule has 88 valence electrons. The average Bonchev–Trinajstić information content (AvgIpc) is 2.15. The topological polar surface area (TPSA) is 37.3 Å². The Morgan fingerprint density at radius 2 is 1.53 bits per heavy atom. The first-order chi connectivity index (χ1) is 7.09. The zero-order valence-corrected chi connectivity index (χ0v) is 10.3. The third-order valence-corrected chi connectivity index (χ3v) is 2.64. The van der Waals surface area contributed by atoms with Gasteiger partial charge < -0.3 is 5.11 Å². The number of carbonyl (C=O) groups excluding carboxylic acids is 1. The van der Waals surface area contributed by atoms with Crippen LogP contribution in [0.5, 0.6) is 0 Å². The van der Waals surface area contributed by atoms with Crippen molar-refractivity contribution in [2.24, 2.45) is 0 Å². The van der Waals surface area contributed by atoms with Crippen LogP contribution < -0.4 is 0 Å². The Labute approximate surface area is 93.4 Å². The second-order valence-corrected chi connectivity index (χ2v) is 4.14. The maximum Gasteiger partial charge on any atom is 0.159 e. The number of allylic oxidation sites excluding steroid dienone is 2. The number of hydrogen-bond acceptors (Lipinski definition) is 2. The van der Waals surface area contributed by atoms with Gasteiger partial charge in [-0.1, -0.05) is 39.0 Å². The van der Waals surface area contributed by atoms with E-state index in [-0.39, 0.29) is 11.5 Å². The summed E-state index contributed by atoms with van der Waals surface area (Å²) in [5.41, 5.74) is 0.602. The number of unbranched alkanes of at least 4 members (excludes halogenated alkanes) is 5. The van der Waals surface area contributed by atoms with E-state index >= 15 is 0 Å². The van der Waals surface area contributed by atoms with Crippen LogP contribution >= 0.6 is 0 Å². The van der Waals surface area contributed by atoms with E-state index in [0.717, 1.165) is 19.3 Å². The normalized spacial score (nSPS) is 12.5. The maximum atomic E-state index is 11.1. The maximum absolute atomic E-state index is 11.1. The summed E-state index contributed by atoms with van der Waals surface area (Å²) in [5, 5.41) is 9.28.